The summed E-state index contributed by atoms with van der Waals surface area (Å²) in [7, 11) is 0. The first kappa shape index (κ1) is 17.6. The highest BCUT2D eigenvalue weighted by molar-refractivity contribution is 5.70. The zero-order valence-electron chi connectivity index (χ0n) is 13.7. The van der Waals surface area contributed by atoms with E-state index in [1.165, 1.54) is 12.1 Å². The van der Waals surface area contributed by atoms with Crippen molar-refractivity contribution < 1.29 is 24.1 Å². The van der Waals surface area contributed by atoms with Gasteiger partial charge in [-0.3, -0.25) is 0 Å². The molecular weight excluding hydrogens is 339 g/mol. The van der Waals surface area contributed by atoms with Crippen LogP contribution < -0.4 is 4.74 Å². The molecule has 0 bridgehead atoms. The van der Waals surface area contributed by atoms with Gasteiger partial charge < -0.3 is 19.5 Å². The van der Waals surface area contributed by atoms with Crippen molar-refractivity contribution >= 4 is 5.97 Å². The summed E-state index contributed by atoms with van der Waals surface area (Å²) >= 11 is 0. The average Bonchev–Trinajstić information content (AvgIpc) is 3.11. The number of carbonyl (C=O) groups is 1. The van der Waals surface area contributed by atoms with E-state index in [2.05, 4.69) is 4.98 Å². The van der Waals surface area contributed by atoms with E-state index < -0.39 is 18.6 Å². The standard InChI is InChI=1S/C19H17FN2O4/c20-14-7-5-13(6-8-14)16(11-23)22-10-9-21-19(22)15-3-1-2-4-17(15)26-12-18(24)25/h1-10,16,23H,11-12H2,(H,24,25). The molecule has 0 amide bonds. The maximum atomic E-state index is 13.2. The second-order valence-electron chi connectivity index (χ2n) is 5.59. The van der Waals surface area contributed by atoms with Gasteiger partial charge in [0, 0.05) is 12.4 Å². The van der Waals surface area contributed by atoms with Gasteiger partial charge in [-0.25, -0.2) is 14.2 Å². The van der Waals surface area contributed by atoms with Gasteiger partial charge in [0.05, 0.1) is 18.2 Å². The maximum Gasteiger partial charge on any atom is 0.341 e. The summed E-state index contributed by atoms with van der Waals surface area (Å²) < 4.78 is 20.3. The predicted octanol–water partition coefficient (Wildman–Crippen LogP) is 2.73. The highest BCUT2D eigenvalue weighted by Gasteiger charge is 2.19. The molecule has 26 heavy (non-hydrogen) atoms. The van der Waals surface area contributed by atoms with E-state index >= 15 is 0 Å². The van der Waals surface area contributed by atoms with E-state index in [0.29, 0.717) is 17.1 Å². The van der Waals surface area contributed by atoms with E-state index in [1.54, 1.807) is 53.4 Å². The predicted molar refractivity (Wildman–Crippen MR) is 92.4 cm³/mol. The summed E-state index contributed by atoms with van der Waals surface area (Å²) in [5, 5.41) is 18.7. The van der Waals surface area contributed by atoms with Gasteiger partial charge in [0.1, 0.15) is 17.4 Å². The summed E-state index contributed by atoms with van der Waals surface area (Å²) in [5.74, 6) is -0.557. The number of nitrogens with zero attached hydrogens (tertiary/aromatic N) is 2. The van der Waals surface area contributed by atoms with Crippen LogP contribution in [0, 0.1) is 5.82 Å². The lowest BCUT2D eigenvalue weighted by Crippen LogP contribution is -2.16. The zero-order chi connectivity index (χ0) is 18.5. The Morgan fingerprint density at radius 3 is 2.62 bits per heavy atom. The smallest absolute Gasteiger partial charge is 0.341 e. The lowest BCUT2D eigenvalue weighted by Gasteiger charge is -2.20. The molecule has 1 atom stereocenters. The van der Waals surface area contributed by atoms with Crippen molar-refractivity contribution in [3.8, 4) is 17.1 Å². The number of aliphatic carboxylic acids is 1. The van der Waals surface area contributed by atoms with E-state index in [-0.39, 0.29) is 12.4 Å². The van der Waals surface area contributed by atoms with Crippen molar-refractivity contribution in [3.63, 3.8) is 0 Å². The molecule has 0 radical (unpaired) electrons. The normalized spacial score (nSPS) is 11.9. The fourth-order valence-electron chi connectivity index (χ4n) is 2.73. The molecule has 1 aromatic heterocycles. The Kier molecular flexibility index (Phi) is 5.28. The number of carboxylic acid groups (broad SMARTS) is 1. The molecule has 0 aliphatic carbocycles. The number of imidazole rings is 1. The van der Waals surface area contributed by atoms with Crippen molar-refractivity contribution in [2.45, 2.75) is 6.04 Å². The van der Waals surface area contributed by atoms with Crippen LogP contribution in [0.4, 0.5) is 4.39 Å². The topological polar surface area (TPSA) is 84.6 Å². The van der Waals surface area contributed by atoms with Crippen molar-refractivity contribution in [1.82, 2.24) is 9.55 Å². The molecule has 7 heteroatoms. The molecule has 0 aliphatic heterocycles. The fourth-order valence-corrected chi connectivity index (χ4v) is 2.73. The lowest BCUT2D eigenvalue weighted by atomic mass is 10.1. The third kappa shape index (κ3) is 3.73. The minimum atomic E-state index is -1.08. The number of benzene rings is 2. The Bertz CT molecular complexity index is 893. The van der Waals surface area contributed by atoms with Crippen molar-refractivity contribution in [2.75, 3.05) is 13.2 Å². The molecule has 2 aromatic carbocycles. The number of hydrogen-bond donors (Lipinski definition) is 2. The number of aromatic nitrogens is 2. The van der Waals surface area contributed by atoms with Crippen LogP contribution in [0.3, 0.4) is 0 Å². The lowest BCUT2D eigenvalue weighted by molar-refractivity contribution is -0.139. The first-order valence-electron chi connectivity index (χ1n) is 7.93. The second-order valence-corrected chi connectivity index (χ2v) is 5.59. The summed E-state index contributed by atoms with van der Waals surface area (Å²) in [6.45, 7) is -0.688. The number of rotatable bonds is 7. The molecule has 3 aromatic rings. The van der Waals surface area contributed by atoms with E-state index in [1.807, 2.05) is 0 Å². The SMILES string of the molecule is O=C(O)COc1ccccc1-c1nccn1C(CO)c1ccc(F)cc1. The Labute approximate surface area is 149 Å². The number of halogens is 1. The molecule has 0 spiro atoms. The Balaban J connectivity index is 2.00. The molecule has 3 rings (SSSR count). The fraction of sp³-hybridized carbons (Fsp3) is 0.158. The van der Waals surface area contributed by atoms with Gasteiger partial charge in [-0.1, -0.05) is 24.3 Å². The molecule has 1 unspecified atom stereocenters. The van der Waals surface area contributed by atoms with E-state index in [9.17, 15) is 14.3 Å². The summed E-state index contributed by atoms with van der Waals surface area (Å²) in [5.41, 5.74) is 1.32. The monoisotopic (exact) mass is 356 g/mol. The van der Waals surface area contributed by atoms with Crippen LogP contribution in [-0.2, 0) is 4.79 Å². The first-order valence-corrected chi connectivity index (χ1v) is 7.93. The van der Waals surface area contributed by atoms with Crippen LogP contribution in [0.2, 0.25) is 0 Å². The summed E-state index contributed by atoms with van der Waals surface area (Å²) in [6, 6.07) is 12.3. The molecular formula is C19H17FN2O4. The Morgan fingerprint density at radius 1 is 1.19 bits per heavy atom. The van der Waals surface area contributed by atoms with Crippen molar-refractivity contribution in [2.24, 2.45) is 0 Å². The number of ether oxygens (including phenoxy) is 1. The summed E-state index contributed by atoms with van der Waals surface area (Å²) in [4.78, 5) is 15.1. The highest BCUT2D eigenvalue weighted by atomic mass is 19.1. The highest BCUT2D eigenvalue weighted by Crippen LogP contribution is 2.32. The van der Waals surface area contributed by atoms with Gasteiger partial charge in [-0.15, -0.1) is 0 Å². The first-order chi connectivity index (χ1) is 12.6. The Morgan fingerprint density at radius 2 is 1.92 bits per heavy atom. The average molecular weight is 356 g/mol. The molecule has 2 N–H and O–H groups in total. The van der Waals surface area contributed by atoms with Gasteiger partial charge in [0.2, 0.25) is 0 Å². The summed E-state index contributed by atoms with van der Waals surface area (Å²) in [6.07, 6.45) is 3.28. The van der Waals surface area contributed by atoms with E-state index in [0.717, 1.165) is 5.56 Å². The quantitative estimate of drug-likeness (QED) is 0.680. The molecule has 0 aliphatic rings. The van der Waals surface area contributed by atoms with Crippen LogP contribution in [0.15, 0.2) is 60.9 Å². The van der Waals surface area contributed by atoms with Crippen LogP contribution in [0.25, 0.3) is 11.4 Å². The minimum absolute atomic E-state index is 0.215. The van der Waals surface area contributed by atoms with Gasteiger partial charge in [0.25, 0.3) is 0 Å². The number of aliphatic hydroxyl groups is 1. The number of carboxylic acids is 1. The number of aliphatic hydroxyl groups excluding tert-OH is 1. The van der Waals surface area contributed by atoms with Crippen LogP contribution in [0.1, 0.15) is 11.6 Å². The van der Waals surface area contributed by atoms with Crippen LogP contribution >= 0.6 is 0 Å². The van der Waals surface area contributed by atoms with Crippen molar-refractivity contribution in [3.05, 3.63) is 72.3 Å². The van der Waals surface area contributed by atoms with Gasteiger partial charge in [-0.2, -0.15) is 0 Å². The maximum absolute atomic E-state index is 13.2. The number of para-hydroxylation sites is 1. The molecule has 1 heterocycles. The molecule has 0 fully saturated rings. The number of hydrogen-bond acceptors (Lipinski definition) is 4. The van der Waals surface area contributed by atoms with Gasteiger partial charge >= 0.3 is 5.97 Å². The van der Waals surface area contributed by atoms with Crippen LogP contribution in [-0.4, -0.2) is 38.9 Å². The van der Waals surface area contributed by atoms with Gasteiger partial charge in [-0.05, 0) is 29.8 Å². The third-order valence-corrected chi connectivity index (χ3v) is 3.91. The van der Waals surface area contributed by atoms with E-state index in [4.69, 9.17) is 9.84 Å². The molecule has 134 valence electrons. The molecule has 0 saturated carbocycles. The molecule has 0 saturated heterocycles. The molecule has 6 nitrogen and oxygen atoms in total. The largest absolute Gasteiger partial charge is 0.481 e. The van der Waals surface area contributed by atoms with Crippen LogP contribution in [0.5, 0.6) is 5.75 Å². The second kappa shape index (κ2) is 7.79. The Hall–Kier alpha value is -3.19. The van der Waals surface area contributed by atoms with Gasteiger partial charge in [0.15, 0.2) is 6.61 Å². The zero-order valence-corrected chi connectivity index (χ0v) is 13.7. The third-order valence-electron chi connectivity index (χ3n) is 3.91. The minimum Gasteiger partial charge on any atom is -0.481 e. The van der Waals surface area contributed by atoms with Crippen molar-refractivity contribution in [1.29, 1.82) is 0 Å².